The molecule has 7 heteroatoms. The van der Waals surface area contributed by atoms with Crippen LogP contribution in [0.2, 0.25) is 0 Å². The number of nitriles is 1. The summed E-state index contributed by atoms with van der Waals surface area (Å²) in [5.74, 6) is 0.746. The van der Waals surface area contributed by atoms with E-state index in [1.165, 1.54) is 30.6 Å². The van der Waals surface area contributed by atoms with Gasteiger partial charge in [-0.3, -0.25) is 9.59 Å². The number of nitrogens with one attached hydrogen (secondary N) is 1. The van der Waals surface area contributed by atoms with Crippen LogP contribution >= 0.6 is 23.5 Å². The minimum atomic E-state index is -0.277. The van der Waals surface area contributed by atoms with Crippen LogP contribution in [0.25, 0.3) is 0 Å². The highest BCUT2D eigenvalue weighted by atomic mass is 32.2. The lowest BCUT2D eigenvalue weighted by molar-refractivity contribution is -0.140. The van der Waals surface area contributed by atoms with Crippen LogP contribution in [0.15, 0.2) is 29.2 Å². The first-order chi connectivity index (χ1) is 10.2. The summed E-state index contributed by atoms with van der Waals surface area (Å²) in [5, 5.41) is 11.4. The summed E-state index contributed by atoms with van der Waals surface area (Å²) in [7, 11) is 1.34. The van der Waals surface area contributed by atoms with Crippen LogP contribution in [0.4, 0.5) is 5.69 Å². The number of nitrogens with zero attached hydrogens (tertiary/aromatic N) is 1. The molecule has 1 N–H and O–H groups in total. The van der Waals surface area contributed by atoms with Gasteiger partial charge in [0.05, 0.1) is 36.8 Å². The van der Waals surface area contributed by atoms with Crippen molar-refractivity contribution >= 4 is 41.1 Å². The Bertz CT molecular complexity index is 529. The number of para-hydroxylation sites is 1. The standard InChI is InChI=1S/C14H16N2O3S2/c1-19-14(18)6-8-20-10-13(17)16-11-4-2-3-5-12(11)21-9-7-15/h2-5H,6,8-10H2,1H3,(H,16,17). The fourth-order valence-corrected chi connectivity index (χ4v) is 2.80. The molecule has 1 aromatic carbocycles. The van der Waals surface area contributed by atoms with E-state index in [9.17, 15) is 9.59 Å². The third kappa shape index (κ3) is 7.06. The number of carbonyl (C=O) groups is 2. The van der Waals surface area contributed by atoms with Crippen molar-refractivity contribution < 1.29 is 14.3 Å². The summed E-state index contributed by atoms with van der Waals surface area (Å²) in [6, 6.07) is 9.41. The number of amides is 1. The Morgan fingerprint density at radius 2 is 2.14 bits per heavy atom. The zero-order valence-corrected chi connectivity index (χ0v) is 13.3. The molecule has 0 saturated carbocycles. The number of methoxy groups -OCH3 is 1. The summed E-state index contributed by atoms with van der Waals surface area (Å²) in [5.41, 5.74) is 0.705. The van der Waals surface area contributed by atoms with E-state index in [4.69, 9.17) is 5.26 Å². The van der Waals surface area contributed by atoms with Crippen molar-refractivity contribution in [2.24, 2.45) is 0 Å². The van der Waals surface area contributed by atoms with Gasteiger partial charge in [0.25, 0.3) is 0 Å². The quantitative estimate of drug-likeness (QED) is 0.450. The molecule has 0 radical (unpaired) electrons. The molecule has 112 valence electrons. The van der Waals surface area contributed by atoms with Gasteiger partial charge in [0, 0.05) is 10.6 Å². The SMILES string of the molecule is COC(=O)CCSCC(=O)Nc1ccccc1SCC#N. The van der Waals surface area contributed by atoms with Crippen LogP contribution in [0.1, 0.15) is 6.42 Å². The van der Waals surface area contributed by atoms with E-state index < -0.39 is 0 Å². The second-order valence-corrected chi connectivity index (χ2v) is 5.99. The number of anilines is 1. The van der Waals surface area contributed by atoms with Gasteiger partial charge in [0.1, 0.15) is 0 Å². The van der Waals surface area contributed by atoms with Crippen molar-refractivity contribution in [3.63, 3.8) is 0 Å². The van der Waals surface area contributed by atoms with E-state index >= 15 is 0 Å². The fraction of sp³-hybridized carbons (Fsp3) is 0.357. The van der Waals surface area contributed by atoms with Crippen LogP contribution < -0.4 is 5.32 Å². The second-order valence-electron chi connectivity index (χ2n) is 3.87. The van der Waals surface area contributed by atoms with E-state index in [2.05, 4.69) is 16.1 Å². The van der Waals surface area contributed by atoms with Crippen LogP contribution in [0.5, 0.6) is 0 Å². The van der Waals surface area contributed by atoms with Crippen molar-refractivity contribution in [2.45, 2.75) is 11.3 Å². The molecule has 0 aliphatic carbocycles. The van der Waals surface area contributed by atoms with Gasteiger partial charge in [-0.25, -0.2) is 0 Å². The minimum Gasteiger partial charge on any atom is -0.469 e. The monoisotopic (exact) mass is 324 g/mol. The van der Waals surface area contributed by atoms with Crippen LogP contribution in [-0.2, 0) is 14.3 Å². The van der Waals surface area contributed by atoms with Gasteiger partial charge >= 0.3 is 5.97 Å². The summed E-state index contributed by atoms with van der Waals surface area (Å²) in [4.78, 5) is 23.6. The first-order valence-electron chi connectivity index (χ1n) is 6.20. The average molecular weight is 324 g/mol. The Kier molecular flexibility index (Phi) is 8.40. The Morgan fingerprint density at radius 1 is 1.38 bits per heavy atom. The first-order valence-corrected chi connectivity index (χ1v) is 8.34. The summed E-state index contributed by atoms with van der Waals surface area (Å²) >= 11 is 2.76. The van der Waals surface area contributed by atoms with Crippen molar-refractivity contribution in [2.75, 3.05) is 29.7 Å². The normalized spacial score (nSPS) is 9.71. The van der Waals surface area contributed by atoms with Crippen LogP contribution in [-0.4, -0.2) is 36.2 Å². The second kappa shape index (κ2) is 10.1. The van der Waals surface area contributed by atoms with Gasteiger partial charge in [0.2, 0.25) is 5.91 Å². The summed E-state index contributed by atoms with van der Waals surface area (Å²) in [6.07, 6.45) is 0.295. The van der Waals surface area contributed by atoms with Crippen molar-refractivity contribution in [3.8, 4) is 6.07 Å². The molecular weight excluding hydrogens is 308 g/mol. The molecule has 0 bridgehead atoms. The number of hydrogen-bond acceptors (Lipinski definition) is 6. The van der Waals surface area contributed by atoms with Gasteiger partial charge in [-0.15, -0.1) is 11.8 Å². The molecule has 0 spiro atoms. The van der Waals surface area contributed by atoms with Crippen LogP contribution in [0.3, 0.4) is 0 Å². The summed E-state index contributed by atoms with van der Waals surface area (Å²) < 4.78 is 4.52. The summed E-state index contributed by atoms with van der Waals surface area (Å²) in [6.45, 7) is 0. The Hall–Kier alpha value is -1.65. The molecule has 21 heavy (non-hydrogen) atoms. The molecular formula is C14H16N2O3S2. The van der Waals surface area contributed by atoms with Gasteiger partial charge in [-0.1, -0.05) is 12.1 Å². The maximum atomic E-state index is 11.8. The Balaban J connectivity index is 2.41. The maximum Gasteiger partial charge on any atom is 0.306 e. The number of thioether (sulfide) groups is 2. The highest BCUT2D eigenvalue weighted by Gasteiger charge is 2.08. The smallest absolute Gasteiger partial charge is 0.306 e. The van der Waals surface area contributed by atoms with Crippen molar-refractivity contribution in [1.29, 1.82) is 5.26 Å². The largest absolute Gasteiger partial charge is 0.469 e. The number of carbonyl (C=O) groups excluding carboxylic acids is 2. The third-order valence-electron chi connectivity index (χ3n) is 2.36. The van der Waals surface area contributed by atoms with Gasteiger partial charge < -0.3 is 10.1 Å². The van der Waals surface area contributed by atoms with Gasteiger partial charge in [0.15, 0.2) is 0 Å². The molecule has 0 fully saturated rings. The molecule has 1 rings (SSSR count). The van der Waals surface area contributed by atoms with E-state index in [1.54, 1.807) is 6.07 Å². The molecule has 5 nitrogen and oxygen atoms in total. The molecule has 0 heterocycles. The fourth-order valence-electron chi connectivity index (χ4n) is 1.41. The topological polar surface area (TPSA) is 79.2 Å². The number of rotatable bonds is 8. The van der Waals surface area contributed by atoms with E-state index in [1.807, 2.05) is 18.2 Å². The minimum absolute atomic E-state index is 0.130. The number of hydrogen-bond donors (Lipinski definition) is 1. The van der Waals surface area contributed by atoms with Crippen molar-refractivity contribution in [1.82, 2.24) is 0 Å². The first kappa shape index (κ1) is 17.4. The van der Waals surface area contributed by atoms with E-state index in [0.29, 0.717) is 23.6 Å². The van der Waals surface area contributed by atoms with E-state index in [-0.39, 0.29) is 17.6 Å². The Morgan fingerprint density at radius 3 is 2.86 bits per heavy atom. The Labute approximate surface area is 132 Å². The van der Waals surface area contributed by atoms with E-state index in [0.717, 1.165) is 4.90 Å². The molecule has 0 aliphatic rings. The molecule has 1 amide bonds. The highest BCUT2D eigenvalue weighted by Crippen LogP contribution is 2.26. The average Bonchev–Trinajstić information content (AvgIpc) is 2.50. The lowest BCUT2D eigenvalue weighted by atomic mass is 10.3. The molecule has 1 aromatic rings. The predicted octanol–water partition coefficient (Wildman–Crippen LogP) is 2.54. The van der Waals surface area contributed by atoms with Crippen LogP contribution in [0, 0.1) is 11.3 Å². The predicted molar refractivity (Wildman–Crippen MR) is 85.4 cm³/mol. The number of esters is 1. The number of benzene rings is 1. The lowest BCUT2D eigenvalue weighted by Gasteiger charge is -2.09. The molecule has 0 saturated heterocycles. The molecule has 0 aliphatic heterocycles. The van der Waals surface area contributed by atoms with Gasteiger partial charge in [-0.05, 0) is 12.1 Å². The number of ether oxygens (including phenoxy) is 1. The lowest BCUT2D eigenvalue weighted by Crippen LogP contribution is -2.15. The van der Waals surface area contributed by atoms with Crippen molar-refractivity contribution in [3.05, 3.63) is 24.3 Å². The maximum absolute atomic E-state index is 11.8. The zero-order chi connectivity index (χ0) is 15.5. The zero-order valence-electron chi connectivity index (χ0n) is 11.6. The molecule has 0 aromatic heterocycles. The van der Waals surface area contributed by atoms with Gasteiger partial charge in [-0.2, -0.15) is 17.0 Å². The molecule has 0 unspecified atom stereocenters. The highest BCUT2D eigenvalue weighted by molar-refractivity contribution is 8.00. The third-order valence-corrected chi connectivity index (χ3v) is 4.26. The molecule has 0 atom stereocenters.